The number of amides is 2. The maximum atomic E-state index is 13.9. The molecule has 0 radical (unpaired) electrons. The van der Waals surface area contributed by atoms with Crippen molar-refractivity contribution in [2.75, 3.05) is 31.2 Å². The monoisotopic (exact) mass is 521 g/mol. The van der Waals surface area contributed by atoms with Gasteiger partial charge in [-0.15, -0.1) is 0 Å². The second-order valence-electron chi connectivity index (χ2n) is 9.59. The molecular weight excluding hydrogens is 490 g/mol. The van der Waals surface area contributed by atoms with Gasteiger partial charge in [0.15, 0.2) is 5.76 Å². The van der Waals surface area contributed by atoms with Gasteiger partial charge in [0.25, 0.3) is 5.91 Å². The highest BCUT2D eigenvalue weighted by Crippen LogP contribution is 2.30. The molecule has 7 nitrogen and oxygen atoms in total. The summed E-state index contributed by atoms with van der Waals surface area (Å²) >= 11 is 6.49. The molecule has 2 aromatic carbocycles. The van der Waals surface area contributed by atoms with E-state index in [-0.39, 0.29) is 30.2 Å². The Kier molecular flexibility index (Phi) is 8.12. The fourth-order valence-corrected chi connectivity index (χ4v) is 5.34. The first-order valence-electron chi connectivity index (χ1n) is 12.9. The molecule has 37 heavy (non-hydrogen) atoms. The molecule has 1 aliphatic carbocycles. The Balaban J connectivity index is 1.51. The predicted molar refractivity (Wildman–Crippen MR) is 143 cm³/mol. The molecule has 2 aliphatic rings. The molecule has 1 saturated heterocycles. The Morgan fingerprint density at radius 3 is 2.41 bits per heavy atom. The minimum Gasteiger partial charge on any atom is -0.459 e. The van der Waals surface area contributed by atoms with Crippen LogP contribution in [0.5, 0.6) is 0 Å². The van der Waals surface area contributed by atoms with Crippen LogP contribution in [0.25, 0.3) is 0 Å². The fraction of sp³-hybridized carbons (Fsp3) is 0.379. The van der Waals surface area contributed by atoms with Crippen molar-refractivity contribution in [3.63, 3.8) is 0 Å². The van der Waals surface area contributed by atoms with Gasteiger partial charge in [-0.05, 0) is 54.3 Å². The van der Waals surface area contributed by atoms with Gasteiger partial charge in [-0.2, -0.15) is 0 Å². The Hall–Kier alpha value is -3.29. The van der Waals surface area contributed by atoms with Crippen molar-refractivity contribution in [3.8, 4) is 0 Å². The standard InChI is InChI=1S/C29H32ClN3O4/c30-25-9-4-1-6-22(25)20-33(29(35)26-10-5-17-37-26)27(28(34)31-23-7-2-3-8-23)21-11-13-24(14-12-21)32-15-18-36-19-16-32/h1,4-6,9-14,17,23,27H,2-3,7-8,15-16,18-20H2,(H,31,34). The van der Waals surface area contributed by atoms with E-state index in [1.165, 1.54) is 6.26 Å². The molecule has 0 spiro atoms. The van der Waals surface area contributed by atoms with Crippen LogP contribution in [0.2, 0.25) is 5.02 Å². The maximum absolute atomic E-state index is 13.9. The fourth-order valence-electron chi connectivity index (χ4n) is 5.14. The molecular formula is C29H32ClN3O4. The minimum atomic E-state index is -0.854. The van der Waals surface area contributed by atoms with E-state index < -0.39 is 6.04 Å². The number of morpholine rings is 1. The number of carbonyl (C=O) groups is 2. The normalized spacial score (nSPS) is 16.9. The molecule has 3 aromatic rings. The van der Waals surface area contributed by atoms with Crippen molar-refractivity contribution in [3.05, 3.63) is 88.8 Å². The molecule has 2 heterocycles. The van der Waals surface area contributed by atoms with Crippen molar-refractivity contribution in [2.24, 2.45) is 0 Å². The summed E-state index contributed by atoms with van der Waals surface area (Å²) in [5, 5.41) is 3.75. The summed E-state index contributed by atoms with van der Waals surface area (Å²) in [5.41, 5.74) is 2.56. The summed E-state index contributed by atoms with van der Waals surface area (Å²) in [6.45, 7) is 3.18. The molecule has 2 amide bonds. The van der Waals surface area contributed by atoms with Crippen molar-refractivity contribution >= 4 is 29.1 Å². The topological polar surface area (TPSA) is 75.0 Å². The van der Waals surface area contributed by atoms with Crippen LogP contribution in [0.1, 0.15) is 53.4 Å². The molecule has 1 unspecified atom stereocenters. The molecule has 1 aliphatic heterocycles. The van der Waals surface area contributed by atoms with E-state index in [4.69, 9.17) is 20.8 Å². The van der Waals surface area contributed by atoms with Crippen LogP contribution in [0, 0.1) is 0 Å². The molecule has 0 bridgehead atoms. The molecule has 2 fully saturated rings. The summed E-state index contributed by atoms with van der Waals surface area (Å²) in [7, 11) is 0. The zero-order chi connectivity index (χ0) is 25.6. The Morgan fingerprint density at radius 1 is 1.00 bits per heavy atom. The van der Waals surface area contributed by atoms with Gasteiger partial charge in [0.2, 0.25) is 5.91 Å². The van der Waals surface area contributed by atoms with Gasteiger partial charge < -0.3 is 24.3 Å². The van der Waals surface area contributed by atoms with E-state index in [1.807, 2.05) is 42.5 Å². The van der Waals surface area contributed by atoms with Crippen molar-refractivity contribution in [2.45, 2.75) is 44.3 Å². The molecule has 1 N–H and O–H groups in total. The number of carbonyl (C=O) groups excluding carboxylic acids is 2. The molecule has 1 atom stereocenters. The summed E-state index contributed by atoms with van der Waals surface area (Å²) < 4.78 is 10.9. The lowest BCUT2D eigenvalue weighted by molar-refractivity contribution is -0.126. The Labute approximate surface area is 222 Å². The molecule has 5 rings (SSSR count). The number of benzene rings is 2. The third-order valence-electron chi connectivity index (χ3n) is 7.14. The van der Waals surface area contributed by atoms with Crippen molar-refractivity contribution in [1.82, 2.24) is 10.2 Å². The number of rotatable bonds is 8. The highest BCUT2D eigenvalue weighted by molar-refractivity contribution is 6.31. The second kappa shape index (κ2) is 11.8. The van der Waals surface area contributed by atoms with Gasteiger partial charge >= 0.3 is 0 Å². The van der Waals surface area contributed by atoms with Gasteiger partial charge in [0.05, 0.1) is 19.5 Å². The van der Waals surface area contributed by atoms with Crippen LogP contribution in [-0.4, -0.2) is 49.1 Å². The van der Waals surface area contributed by atoms with E-state index in [2.05, 4.69) is 10.2 Å². The second-order valence-corrected chi connectivity index (χ2v) is 9.99. The number of halogens is 1. The zero-order valence-electron chi connectivity index (χ0n) is 20.8. The summed E-state index contributed by atoms with van der Waals surface area (Å²) in [4.78, 5) is 31.5. The van der Waals surface area contributed by atoms with Crippen LogP contribution in [-0.2, 0) is 16.1 Å². The van der Waals surface area contributed by atoms with Crippen LogP contribution in [0.15, 0.2) is 71.3 Å². The number of hydrogen-bond donors (Lipinski definition) is 1. The first kappa shape index (κ1) is 25.4. The molecule has 194 valence electrons. The average Bonchev–Trinajstić information content (AvgIpc) is 3.65. The van der Waals surface area contributed by atoms with E-state index in [0.717, 1.165) is 55.6 Å². The number of anilines is 1. The Bertz CT molecular complexity index is 1190. The average molecular weight is 522 g/mol. The number of furan rings is 1. The van der Waals surface area contributed by atoms with Crippen molar-refractivity contribution < 1.29 is 18.7 Å². The molecule has 1 saturated carbocycles. The van der Waals surface area contributed by atoms with Crippen LogP contribution in [0.4, 0.5) is 5.69 Å². The van der Waals surface area contributed by atoms with Crippen LogP contribution in [0.3, 0.4) is 0 Å². The largest absolute Gasteiger partial charge is 0.459 e. The number of nitrogens with zero attached hydrogens (tertiary/aromatic N) is 2. The highest BCUT2D eigenvalue weighted by Gasteiger charge is 2.35. The van der Waals surface area contributed by atoms with Gasteiger partial charge in [0, 0.05) is 36.4 Å². The first-order chi connectivity index (χ1) is 18.1. The molecule has 1 aromatic heterocycles. The van der Waals surface area contributed by atoms with Gasteiger partial charge in [-0.1, -0.05) is 54.8 Å². The van der Waals surface area contributed by atoms with Crippen molar-refractivity contribution in [1.29, 1.82) is 0 Å². The predicted octanol–water partition coefficient (Wildman–Crippen LogP) is 5.21. The zero-order valence-corrected chi connectivity index (χ0v) is 21.5. The molecule has 8 heteroatoms. The Morgan fingerprint density at radius 2 is 1.73 bits per heavy atom. The number of hydrogen-bond acceptors (Lipinski definition) is 5. The van der Waals surface area contributed by atoms with Crippen LogP contribution >= 0.6 is 11.6 Å². The minimum absolute atomic E-state index is 0.114. The van der Waals surface area contributed by atoms with E-state index in [9.17, 15) is 9.59 Å². The van der Waals surface area contributed by atoms with Gasteiger partial charge in [-0.3, -0.25) is 9.59 Å². The lowest BCUT2D eigenvalue weighted by atomic mass is 10.0. The lowest BCUT2D eigenvalue weighted by Crippen LogP contribution is -2.46. The van der Waals surface area contributed by atoms with Gasteiger partial charge in [0.1, 0.15) is 6.04 Å². The summed E-state index contributed by atoms with van der Waals surface area (Å²) in [6.07, 6.45) is 5.55. The lowest BCUT2D eigenvalue weighted by Gasteiger charge is -2.33. The van der Waals surface area contributed by atoms with E-state index in [0.29, 0.717) is 18.2 Å². The first-order valence-corrected chi connectivity index (χ1v) is 13.3. The quantitative estimate of drug-likeness (QED) is 0.440. The summed E-state index contributed by atoms with van der Waals surface area (Å²) in [5.74, 6) is -0.387. The SMILES string of the molecule is O=C(NC1CCCC1)C(c1ccc(N2CCOCC2)cc1)N(Cc1ccccc1Cl)C(=O)c1ccco1. The van der Waals surface area contributed by atoms with Gasteiger partial charge in [-0.25, -0.2) is 0 Å². The number of ether oxygens (including phenoxy) is 1. The third-order valence-corrected chi connectivity index (χ3v) is 7.51. The maximum Gasteiger partial charge on any atom is 0.290 e. The smallest absolute Gasteiger partial charge is 0.290 e. The van der Waals surface area contributed by atoms with E-state index in [1.54, 1.807) is 23.1 Å². The third kappa shape index (κ3) is 6.00. The summed E-state index contributed by atoms with van der Waals surface area (Å²) in [6, 6.07) is 17.9. The highest BCUT2D eigenvalue weighted by atomic mass is 35.5. The number of nitrogens with one attached hydrogen (secondary N) is 1. The van der Waals surface area contributed by atoms with E-state index >= 15 is 0 Å². The van der Waals surface area contributed by atoms with Crippen LogP contribution < -0.4 is 10.2 Å².